The van der Waals surface area contributed by atoms with Crippen LogP contribution in [-0.4, -0.2) is 19.9 Å². The summed E-state index contributed by atoms with van der Waals surface area (Å²) in [6.07, 6.45) is 2.34. The van der Waals surface area contributed by atoms with Gasteiger partial charge in [-0.2, -0.15) is 0 Å². The van der Waals surface area contributed by atoms with Gasteiger partial charge in [-0.3, -0.25) is 4.72 Å². The maximum Gasteiger partial charge on any atom is 0.262 e. The van der Waals surface area contributed by atoms with Gasteiger partial charge in [0.15, 0.2) is 0 Å². The van der Waals surface area contributed by atoms with Gasteiger partial charge in [0.1, 0.15) is 11.6 Å². The molecule has 7 heteroatoms. The van der Waals surface area contributed by atoms with Crippen molar-refractivity contribution in [3.63, 3.8) is 0 Å². The summed E-state index contributed by atoms with van der Waals surface area (Å²) in [5, 5.41) is 3.03. The SMILES string of the molecule is CCCNc1cc(S(=O)(=O)Nc2ccc(F)cc2)ccn1. The second-order valence-corrected chi connectivity index (χ2v) is 6.10. The zero-order valence-electron chi connectivity index (χ0n) is 11.5. The van der Waals surface area contributed by atoms with Crippen LogP contribution >= 0.6 is 0 Å². The van der Waals surface area contributed by atoms with E-state index in [9.17, 15) is 12.8 Å². The number of sulfonamides is 1. The molecule has 0 aliphatic carbocycles. The van der Waals surface area contributed by atoms with E-state index in [1.807, 2.05) is 6.92 Å². The van der Waals surface area contributed by atoms with Gasteiger partial charge in [-0.1, -0.05) is 6.92 Å². The highest BCUT2D eigenvalue weighted by atomic mass is 32.2. The lowest BCUT2D eigenvalue weighted by molar-refractivity contribution is 0.601. The van der Waals surface area contributed by atoms with Gasteiger partial charge in [-0.05, 0) is 36.8 Å². The first-order valence-electron chi connectivity index (χ1n) is 6.49. The van der Waals surface area contributed by atoms with E-state index in [0.717, 1.165) is 6.42 Å². The number of benzene rings is 1. The Hall–Kier alpha value is -2.15. The third-order valence-corrected chi connectivity index (χ3v) is 4.07. The summed E-state index contributed by atoms with van der Waals surface area (Å²) in [7, 11) is -3.73. The summed E-state index contributed by atoms with van der Waals surface area (Å²) in [6.45, 7) is 2.71. The minimum absolute atomic E-state index is 0.0976. The van der Waals surface area contributed by atoms with Crippen molar-refractivity contribution in [1.29, 1.82) is 0 Å². The fraction of sp³-hybridized carbons (Fsp3) is 0.214. The number of nitrogens with zero attached hydrogens (tertiary/aromatic N) is 1. The quantitative estimate of drug-likeness (QED) is 0.861. The molecule has 0 bridgehead atoms. The molecule has 2 aromatic rings. The first-order chi connectivity index (χ1) is 10.0. The average Bonchev–Trinajstić information content (AvgIpc) is 2.48. The smallest absolute Gasteiger partial charge is 0.262 e. The highest BCUT2D eigenvalue weighted by Crippen LogP contribution is 2.18. The Kier molecular flexibility index (Phi) is 4.74. The summed E-state index contributed by atoms with van der Waals surface area (Å²) in [5.41, 5.74) is 0.302. The molecule has 5 nitrogen and oxygen atoms in total. The molecule has 0 spiro atoms. The van der Waals surface area contributed by atoms with E-state index in [1.165, 1.54) is 42.6 Å². The van der Waals surface area contributed by atoms with Crippen molar-refractivity contribution in [1.82, 2.24) is 4.98 Å². The topological polar surface area (TPSA) is 71.1 Å². The van der Waals surface area contributed by atoms with Crippen molar-refractivity contribution in [3.05, 3.63) is 48.4 Å². The van der Waals surface area contributed by atoms with Crippen LogP contribution in [-0.2, 0) is 10.0 Å². The molecule has 0 unspecified atom stereocenters. The van der Waals surface area contributed by atoms with E-state index < -0.39 is 15.8 Å². The van der Waals surface area contributed by atoms with Gasteiger partial charge in [0.25, 0.3) is 10.0 Å². The van der Waals surface area contributed by atoms with Crippen molar-refractivity contribution in [2.24, 2.45) is 0 Å². The monoisotopic (exact) mass is 309 g/mol. The molecular formula is C14H16FN3O2S. The number of nitrogens with one attached hydrogen (secondary N) is 2. The summed E-state index contributed by atoms with van der Waals surface area (Å²) in [6, 6.07) is 7.98. The van der Waals surface area contributed by atoms with E-state index in [2.05, 4.69) is 15.0 Å². The maximum absolute atomic E-state index is 12.8. The Labute approximate surface area is 123 Å². The highest BCUT2D eigenvalue weighted by Gasteiger charge is 2.15. The average molecular weight is 309 g/mol. The summed E-state index contributed by atoms with van der Waals surface area (Å²) in [5.74, 6) is 0.0757. The molecule has 0 atom stereocenters. The summed E-state index contributed by atoms with van der Waals surface area (Å²) in [4.78, 5) is 4.15. The van der Waals surface area contributed by atoms with Gasteiger partial charge < -0.3 is 5.32 Å². The minimum Gasteiger partial charge on any atom is -0.370 e. The van der Waals surface area contributed by atoms with E-state index in [0.29, 0.717) is 18.1 Å². The normalized spacial score (nSPS) is 11.1. The van der Waals surface area contributed by atoms with Gasteiger partial charge in [0, 0.05) is 24.5 Å². The first-order valence-corrected chi connectivity index (χ1v) is 7.98. The fourth-order valence-electron chi connectivity index (χ4n) is 1.66. The molecule has 0 radical (unpaired) electrons. The van der Waals surface area contributed by atoms with Gasteiger partial charge in [0.2, 0.25) is 0 Å². The zero-order valence-corrected chi connectivity index (χ0v) is 12.3. The van der Waals surface area contributed by atoms with Gasteiger partial charge in [-0.25, -0.2) is 17.8 Å². The molecule has 1 aromatic heterocycles. The third kappa shape index (κ3) is 4.16. The molecule has 1 aromatic carbocycles. The fourth-order valence-corrected chi connectivity index (χ4v) is 2.73. The van der Waals surface area contributed by atoms with Crippen molar-refractivity contribution < 1.29 is 12.8 Å². The second-order valence-electron chi connectivity index (χ2n) is 4.42. The van der Waals surface area contributed by atoms with Gasteiger partial charge in [-0.15, -0.1) is 0 Å². The van der Waals surface area contributed by atoms with Crippen LogP contribution in [0.3, 0.4) is 0 Å². The molecule has 2 rings (SSSR count). The van der Waals surface area contributed by atoms with E-state index >= 15 is 0 Å². The molecule has 0 aliphatic heterocycles. The maximum atomic E-state index is 12.8. The number of pyridine rings is 1. The van der Waals surface area contributed by atoms with E-state index in [4.69, 9.17) is 0 Å². The van der Waals surface area contributed by atoms with Gasteiger partial charge in [0.05, 0.1) is 4.90 Å². The predicted octanol–water partition coefficient (Wildman–Crippen LogP) is 2.84. The molecule has 0 aliphatic rings. The molecule has 112 valence electrons. The number of aromatic nitrogens is 1. The Bertz CT molecular complexity index is 702. The van der Waals surface area contributed by atoms with Crippen molar-refractivity contribution in [2.45, 2.75) is 18.2 Å². The van der Waals surface area contributed by atoms with Crippen LogP contribution in [0.25, 0.3) is 0 Å². The molecule has 0 saturated heterocycles. The van der Waals surface area contributed by atoms with E-state index in [1.54, 1.807) is 0 Å². The van der Waals surface area contributed by atoms with Crippen LogP contribution in [0.2, 0.25) is 0 Å². The lowest BCUT2D eigenvalue weighted by atomic mass is 10.3. The minimum atomic E-state index is -3.73. The lowest BCUT2D eigenvalue weighted by Crippen LogP contribution is -2.13. The lowest BCUT2D eigenvalue weighted by Gasteiger charge is -2.09. The van der Waals surface area contributed by atoms with Crippen molar-refractivity contribution in [3.8, 4) is 0 Å². The molecule has 1 heterocycles. The molecule has 0 amide bonds. The van der Waals surface area contributed by atoms with Crippen LogP contribution in [0.15, 0.2) is 47.5 Å². The van der Waals surface area contributed by atoms with Gasteiger partial charge >= 0.3 is 0 Å². The Balaban J connectivity index is 2.20. The first kappa shape index (κ1) is 15.2. The predicted molar refractivity (Wildman–Crippen MR) is 80.2 cm³/mol. The number of hydrogen-bond donors (Lipinski definition) is 2. The van der Waals surface area contributed by atoms with E-state index in [-0.39, 0.29) is 4.90 Å². The summed E-state index contributed by atoms with van der Waals surface area (Å²) < 4.78 is 39.7. The largest absolute Gasteiger partial charge is 0.370 e. The highest BCUT2D eigenvalue weighted by molar-refractivity contribution is 7.92. The Morgan fingerprint density at radius 2 is 1.90 bits per heavy atom. The van der Waals surface area contributed by atoms with Crippen molar-refractivity contribution >= 4 is 21.5 Å². The van der Waals surface area contributed by atoms with Crippen LogP contribution in [0.4, 0.5) is 15.9 Å². The molecule has 0 fully saturated rings. The summed E-state index contributed by atoms with van der Waals surface area (Å²) >= 11 is 0. The molecular weight excluding hydrogens is 293 g/mol. The molecule has 21 heavy (non-hydrogen) atoms. The zero-order chi connectivity index (χ0) is 15.3. The number of rotatable bonds is 6. The third-order valence-electron chi connectivity index (χ3n) is 2.69. The number of halogens is 1. The van der Waals surface area contributed by atoms with Crippen LogP contribution in [0.1, 0.15) is 13.3 Å². The Morgan fingerprint density at radius 3 is 2.57 bits per heavy atom. The molecule has 2 N–H and O–H groups in total. The van der Waals surface area contributed by atoms with Crippen LogP contribution in [0.5, 0.6) is 0 Å². The van der Waals surface area contributed by atoms with Crippen molar-refractivity contribution in [2.75, 3.05) is 16.6 Å². The second kappa shape index (κ2) is 6.53. The Morgan fingerprint density at radius 1 is 1.19 bits per heavy atom. The standard InChI is InChI=1S/C14H16FN3O2S/c1-2-8-16-14-10-13(7-9-17-14)21(19,20)18-12-5-3-11(15)4-6-12/h3-7,9-10,18H,2,8H2,1H3,(H,16,17). The van der Waals surface area contributed by atoms with Crippen LogP contribution in [0, 0.1) is 5.82 Å². The van der Waals surface area contributed by atoms with Crippen LogP contribution < -0.4 is 10.0 Å². The number of hydrogen-bond acceptors (Lipinski definition) is 4. The number of anilines is 2. The molecule has 0 saturated carbocycles.